The van der Waals surface area contributed by atoms with Crippen molar-refractivity contribution < 1.29 is 19.4 Å². The Labute approximate surface area is 124 Å². The molecular weight excluding hydrogens is 272 g/mol. The average molecular weight is 294 g/mol. The number of carbonyl (C=O) groups is 2. The summed E-state index contributed by atoms with van der Waals surface area (Å²) in [6.07, 6.45) is 0.792. The van der Waals surface area contributed by atoms with Gasteiger partial charge in [-0.05, 0) is 31.0 Å². The number of carboxylic acids is 1. The van der Waals surface area contributed by atoms with Gasteiger partial charge in [-0.1, -0.05) is 19.1 Å². The Kier molecular flexibility index (Phi) is 6.17. The zero-order valence-electron chi connectivity index (χ0n) is 12.6. The first-order valence-corrected chi connectivity index (χ1v) is 6.79. The van der Waals surface area contributed by atoms with Crippen molar-refractivity contribution in [1.29, 1.82) is 0 Å². The number of urea groups is 1. The summed E-state index contributed by atoms with van der Waals surface area (Å²) in [5, 5.41) is 14.3. The fraction of sp³-hybridized carbons (Fsp3) is 0.467. The van der Waals surface area contributed by atoms with Gasteiger partial charge < -0.3 is 20.5 Å². The van der Waals surface area contributed by atoms with E-state index in [1.807, 2.05) is 13.8 Å². The molecule has 1 rings (SSSR count). The molecule has 0 bridgehead atoms. The van der Waals surface area contributed by atoms with Crippen LogP contribution in [0.4, 0.5) is 4.79 Å². The Balaban J connectivity index is 2.41. The summed E-state index contributed by atoms with van der Waals surface area (Å²) in [5.74, 6) is -0.967. The molecule has 1 aromatic rings. The maximum Gasteiger partial charge on any atom is 0.335 e. The fourth-order valence-electron chi connectivity index (χ4n) is 1.62. The molecule has 0 spiro atoms. The highest BCUT2D eigenvalue weighted by Gasteiger charge is 2.21. The first kappa shape index (κ1) is 17.0. The van der Waals surface area contributed by atoms with Crippen molar-refractivity contribution in [2.45, 2.75) is 32.4 Å². The van der Waals surface area contributed by atoms with Crippen molar-refractivity contribution in [1.82, 2.24) is 10.6 Å². The van der Waals surface area contributed by atoms with Crippen molar-refractivity contribution in [3.63, 3.8) is 0 Å². The van der Waals surface area contributed by atoms with Gasteiger partial charge in [-0.15, -0.1) is 0 Å². The van der Waals surface area contributed by atoms with Gasteiger partial charge in [0.25, 0.3) is 0 Å². The largest absolute Gasteiger partial charge is 0.478 e. The number of aromatic carboxylic acids is 1. The van der Waals surface area contributed by atoms with Gasteiger partial charge in [-0.3, -0.25) is 0 Å². The number of methoxy groups -OCH3 is 1. The predicted octanol–water partition coefficient (Wildman–Crippen LogP) is 2.00. The van der Waals surface area contributed by atoms with Crippen LogP contribution in [0.2, 0.25) is 0 Å². The van der Waals surface area contributed by atoms with E-state index in [0.29, 0.717) is 13.1 Å². The van der Waals surface area contributed by atoms with E-state index in [0.717, 1.165) is 12.0 Å². The number of hydrogen-bond acceptors (Lipinski definition) is 3. The maximum absolute atomic E-state index is 11.7. The van der Waals surface area contributed by atoms with E-state index in [9.17, 15) is 9.59 Å². The molecule has 0 aliphatic rings. The monoisotopic (exact) mass is 294 g/mol. The van der Waals surface area contributed by atoms with E-state index >= 15 is 0 Å². The number of nitrogens with one attached hydrogen (secondary N) is 2. The number of ether oxygens (including phenoxy) is 1. The minimum Gasteiger partial charge on any atom is -0.478 e. The molecule has 0 radical (unpaired) electrons. The highest BCUT2D eigenvalue weighted by molar-refractivity contribution is 5.87. The zero-order valence-corrected chi connectivity index (χ0v) is 12.6. The molecule has 0 aliphatic carbocycles. The van der Waals surface area contributed by atoms with Gasteiger partial charge in [0, 0.05) is 20.2 Å². The van der Waals surface area contributed by atoms with Crippen molar-refractivity contribution in [2.24, 2.45) is 0 Å². The number of amides is 2. The highest BCUT2D eigenvalue weighted by atomic mass is 16.5. The molecule has 0 aliphatic heterocycles. The average Bonchev–Trinajstić information content (AvgIpc) is 2.51. The molecule has 2 amide bonds. The smallest absolute Gasteiger partial charge is 0.335 e. The molecule has 6 heteroatoms. The highest BCUT2D eigenvalue weighted by Crippen LogP contribution is 2.11. The predicted molar refractivity (Wildman–Crippen MR) is 79.3 cm³/mol. The molecule has 0 saturated carbocycles. The van der Waals surface area contributed by atoms with Crippen LogP contribution in [0.3, 0.4) is 0 Å². The normalized spacial score (nSPS) is 13.3. The minimum atomic E-state index is -0.967. The van der Waals surface area contributed by atoms with Crippen LogP contribution in [0.25, 0.3) is 0 Å². The number of benzene rings is 1. The minimum absolute atomic E-state index is 0.224. The number of carboxylic acid groups (broad SMARTS) is 1. The molecule has 21 heavy (non-hydrogen) atoms. The second-order valence-electron chi connectivity index (χ2n) is 5.05. The van der Waals surface area contributed by atoms with E-state index < -0.39 is 5.97 Å². The fourth-order valence-corrected chi connectivity index (χ4v) is 1.62. The van der Waals surface area contributed by atoms with Gasteiger partial charge >= 0.3 is 12.0 Å². The van der Waals surface area contributed by atoms with E-state index in [2.05, 4.69) is 10.6 Å². The van der Waals surface area contributed by atoms with Gasteiger partial charge in [0.15, 0.2) is 0 Å². The molecule has 0 fully saturated rings. The van der Waals surface area contributed by atoms with E-state index in [-0.39, 0.29) is 17.2 Å². The van der Waals surface area contributed by atoms with Crippen LogP contribution in [0, 0.1) is 0 Å². The number of rotatable bonds is 7. The van der Waals surface area contributed by atoms with Crippen LogP contribution in [-0.4, -0.2) is 36.4 Å². The maximum atomic E-state index is 11.7. The van der Waals surface area contributed by atoms with Crippen LogP contribution < -0.4 is 10.6 Å². The molecule has 0 aromatic heterocycles. The Morgan fingerprint density at radius 2 is 1.86 bits per heavy atom. The second kappa shape index (κ2) is 7.64. The first-order valence-electron chi connectivity index (χ1n) is 6.79. The Bertz CT molecular complexity index is 481. The van der Waals surface area contributed by atoms with Crippen LogP contribution in [0.5, 0.6) is 0 Å². The molecule has 0 saturated heterocycles. The lowest BCUT2D eigenvalue weighted by Gasteiger charge is -2.26. The third-order valence-electron chi connectivity index (χ3n) is 3.52. The summed E-state index contributed by atoms with van der Waals surface area (Å²) in [4.78, 5) is 22.4. The molecule has 1 aromatic carbocycles. The summed E-state index contributed by atoms with van der Waals surface area (Å²) >= 11 is 0. The molecule has 3 N–H and O–H groups in total. The van der Waals surface area contributed by atoms with Gasteiger partial charge in [0.05, 0.1) is 11.2 Å². The second-order valence-corrected chi connectivity index (χ2v) is 5.05. The summed E-state index contributed by atoms with van der Waals surface area (Å²) in [5.41, 5.74) is 0.683. The number of carbonyl (C=O) groups excluding carboxylic acids is 1. The lowest BCUT2D eigenvalue weighted by Crippen LogP contribution is -2.45. The van der Waals surface area contributed by atoms with Crippen molar-refractivity contribution >= 4 is 12.0 Å². The van der Waals surface area contributed by atoms with E-state index in [4.69, 9.17) is 9.84 Å². The lowest BCUT2D eigenvalue weighted by molar-refractivity contribution is 0.00581. The van der Waals surface area contributed by atoms with Crippen LogP contribution in [-0.2, 0) is 11.3 Å². The van der Waals surface area contributed by atoms with Crippen LogP contribution in [0.15, 0.2) is 24.3 Å². The van der Waals surface area contributed by atoms with Gasteiger partial charge in [-0.2, -0.15) is 0 Å². The Morgan fingerprint density at radius 3 is 2.33 bits per heavy atom. The van der Waals surface area contributed by atoms with Crippen molar-refractivity contribution in [3.8, 4) is 0 Å². The van der Waals surface area contributed by atoms with Gasteiger partial charge in [0.2, 0.25) is 0 Å². The van der Waals surface area contributed by atoms with Gasteiger partial charge in [0.1, 0.15) is 0 Å². The summed E-state index contributed by atoms with van der Waals surface area (Å²) in [6.45, 7) is 4.68. The quantitative estimate of drug-likeness (QED) is 0.717. The third-order valence-corrected chi connectivity index (χ3v) is 3.52. The zero-order chi connectivity index (χ0) is 15.9. The molecule has 0 heterocycles. The third kappa shape index (κ3) is 5.43. The molecular formula is C15H22N2O4. The Hall–Kier alpha value is -2.08. The van der Waals surface area contributed by atoms with Crippen molar-refractivity contribution in [3.05, 3.63) is 35.4 Å². The van der Waals surface area contributed by atoms with Crippen molar-refractivity contribution in [2.75, 3.05) is 13.7 Å². The molecule has 1 atom stereocenters. The SMILES string of the molecule is CCC(C)(CNC(=O)NCc1ccc(C(=O)O)cc1)OC. The first-order chi connectivity index (χ1) is 9.90. The van der Waals surface area contributed by atoms with Gasteiger partial charge in [-0.25, -0.2) is 9.59 Å². The topological polar surface area (TPSA) is 87.7 Å². The molecule has 6 nitrogen and oxygen atoms in total. The number of hydrogen-bond donors (Lipinski definition) is 3. The van der Waals surface area contributed by atoms with E-state index in [1.54, 1.807) is 19.2 Å². The Morgan fingerprint density at radius 1 is 1.24 bits per heavy atom. The molecule has 1 unspecified atom stereocenters. The molecule has 116 valence electrons. The summed E-state index contributed by atoms with van der Waals surface area (Å²) in [7, 11) is 1.62. The van der Waals surface area contributed by atoms with Crippen LogP contribution >= 0.6 is 0 Å². The summed E-state index contributed by atoms with van der Waals surface area (Å²) < 4.78 is 5.34. The van der Waals surface area contributed by atoms with Crippen LogP contribution in [0.1, 0.15) is 36.2 Å². The standard InChI is InChI=1S/C15H22N2O4/c1-4-15(2,21-3)10-17-14(20)16-9-11-5-7-12(8-6-11)13(18)19/h5-8H,4,9-10H2,1-3H3,(H,18,19)(H2,16,17,20). The lowest BCUT2D eigenvalue weighted by atomic mass is 10.0. The summed E-state index contributed by atoms with van der Waals surface area (Å²) in [6, 6.07) is 6.09. The van der Waals surface area contributed by atoms with E-state index in [1.165, 1.54) is 12.1 Å².